The van der Waals surface area contributed by atoms with Crippen molar-refractivity contribution < 1.29 is 9.53 Å². The Morgan fingerprint density at radius 2 is 1.96 bits per heavy atom. The summed E-state index contributed by atoms with van der Waals surface area (Å²) in [6, 6.07) is 12.6. The maximum atomic E-state index is 12.6. The molecule has 27 heavy (non-hydrogen) atoms. The number of aromatic nitrogens is 2. The molecule has 1 heterocycles. The van der Waals surface area contributed by atoms with E-state index in [2.05, 4.69) is 10.4 Å². The minimum absolute atomic E-state index is 0.323. The summed E-state index contributed by atoms with van der Waals surface area (Å²) in [5, 5.41) is 8.25. The van der Waals surface area contributed by atoms with Crippen LogP contribution in [0, 0.1) is 13.8 Å². The molecule has 1 aromatic heterocycles. The van der Waals surface area contributed by atoms with Crippen LogP contribution in [0.5, 0.6) is 5.75 Å². The summed E-state index contributed by atoms with van der Waals surface area (Å²) in [7, 11) is 1.64. The van der Waals surface area contributed by atoms with Crippen LogP contribution in [0.15, 0.2) is 42.5 Å². The SMILES string of the molecule is COc1cccc(Cn2nc(C)c(NC(=O)c3cc(Cl)ccc3Cl)c2C)c1. The lowest BCUT2D eigenvalue weighted by Crippen LogP contribution is -2.14. The normalized spacial score (nSPS) is 10.7. The molecule has 5 nitrogen and oxygen atoms in total. The number of ether oxygens (including phenoxy) is 1. The zero-order chi connectivity index (χ0) is 19.6. The first-order valence-electron chi connectivity index (χ1n) is 8.32. The van der Waals surface area contributed by atoms with Gasteiger partial charge in [-0.3, -0.25) is 9.48 Å². The van der Waals surface area contributed by atoms with Crippen molar-refractivity contribution in [3.63, 3.8) is 0 Å². The van der Waals surface area contributed by atoms with Crippen LogP contribution < -0.4 is 10.1 Å². The molecule has 0 unspecified atom stereocenters. The highest BCUT2D eigenvalue weighted by Gasteiger charge is 2.17. The summed E-state index contributed by atoms with van der Waals surface area (Å²) >= 11 is 12.1. The number of amides is 1. The Labute approximate surface area is 167 Å². The van der Waals surface area contributed by atoms with E-state index in [-0.39, 0.29) is 5.91 Å². The van der Waals surface area contributed by atoms with E-state index in [9.17, 15) is 4.79 Å². The minimum atomic E-state index is -0.324. The summed E-state index contributed by atoms with van der Waals surface area (Å²) < 4.78 is 7.11. The van der Waals surface area contributed by atoms with Gasteiger partial charge in [-0.1, -0.05) is 35.3 Å². The minimum Gasteiger partial charge on any atom is -0.497 e. The first-order valence-corrected chi connectivity index (χ1v) is 9.08. The fourth-order valence-electron chi connectivity index (χ4n) is 2.83. The number of rotatable bonds is 5. The van der Waals surface area contributed by atoms with Crippen LogP contribution in [0.3, 0.4) is 0 Å². The first-order chi connectivity index (χ1) is 12.9. The molecule has 0 bridgehead atoms. The molecule has 3 rings (SSSR count). The second-order valence-electron chi connectivity index (χ2n) is 6.13. The summed E-state index contributed by atoms with van der Waals surface area (Å²) in [4.78, 5) is 12.6. The summed E-state index contributed by atoms with van der Waals surface area (Å²) in [6.45, 7) is 4.33. The monoisotopic (exact) mass is 403 g/mol. The number of halogens is 2. The van der Waals surface area contributed by atoms with Gasteiger partial charge in [-0.25, -0.2) is 0 Å². The van der Waals surface area contributed by atoms with Gasteiger partial charge in [-0.05, 0) is 49.7 Å². The van der Waals surface area contributed by atoms with Crippen LogP contribution in [0.25, 0.3) is 0 Å². The van der Waals surface area contributed by atoms with E-state index in [1.807, 2.05) is 42.8 Å². The number of carbonyl (C=O) groups excluding carboxylic acids is 1. The van der Waals surface area contributed by atoms with Gasteiger partial charge >= 0.3 is 0 Å². The Kier molecular flexibility index (Phi) is 5.73. The van der Waals surface area contributed by atoms with Crippen molar-refractivity contribution in [1.82, 2.24) is 9.78 Å². The molecular weight excluding hydrogens is 385 g/mol. The highest BCUT2D eigenvalue weighted by atomic mass is 35.5. The molecule has 0 aliphatic rings. The molecule has 0 saturated carbocycles. The zero-order valence-electron chi connectivity index (χ0n) is 15.2. The number of nitrogens with one attached hydrogen (secondary N) is 1. The number of hydrogen-bond donors (Lipinski definition) is 1. The van der Waals surface area contributed by atoms with Crippen LogP contribution in [-0.4, -0.2) is 22.8 Å². The molecule has 0 aliphatic heterocycles. The molecule has 0 spiro atoms. The Morgan fingerprint density at radius 1 is 1.19 bits per heavy atom. The van der Waals surface area contributed by atoms with Crippen LogP contribution >= 0.6 is 23.2 Å². The average Bonchev–Trinajstić information content (AvgIpc) is 2.91. The van der Waals surface area contributed by atoms with E-state index in [0.717, 1.165) is 22.7 Å². The maximum Gasteiger partial charge on any atom is 0.257 e. The molecule has 0 saturated heterocycles. The van der Waals surface area contributed by atoms with Gasteiger partial charge in [0.2, 0.25) is 0 Å². The Hall–Kier alpha value is -2.50. The Morgan fingerprint density at radius 3 is 2.70 bits per heavy atom. The topological polar surface area (TPSA) is 56.1 Å². The molecule has 1 amide bonds. The van der Waals surface area contributed by atoms with Gasteiger partial charge in [0.25, 0.3) is 5.91 Å². The molecule has 0 atom stereocenters. The lowest BCUT2D eigenvalue weighted by atomic mass is 10.2. The third-order valence-electron chi connectivity index (χ3n) is 4.26. The van der Waals surface area contributed by atoms with E-state index in [1.165, 1.54) is 0 Å². The summed E-state index contributed by atoms with van der Waals surface area (Å²) in [6.07, 6.45) is 0. The van der Waals surface area contributed by atoms with Crippen molar-refractivity contribution in [2.75, 3.05) is 12.4 Å². The molecule has 140 valence electrons. The predicted octanol–water partition coefficient (Wildman–Crippen LogP) is 5.12. The summed E-state index contributed by atoms with van der Waals surface area (Å²) in [5.74, 6) is 0.466. The largest absolute Gasteiger partial charge is 0.497 e. The van der Waals surface area contributed by atoms with Gasteiger partial charge in [0.05, 0.1) is 41.3 Å². The first kappa shape index (κ1) is 19.3. The number of nitrogens with zero attached hydrogens (tertiary/aromatic N) is 2. The predicted molar refractivity (Wildman–Crippen MR) is 108 cm³/mol. The highest BCUT2D eigenvalue weighted by molar-refractivity contribution is 6.36. The van der Waals surface area contributed by atoms with Crippen LogP contribution in [0.1, 0.15) is 27.3 Å². The van der Waals surface area contributed by atoms with Gasteiger partial charge in [0.1, 0.15) is 5.75 Å². The van der Waals surface area contributed by atoms with Crippen LogP contribution in [0.2, 0.25) is 10.0 Å². The lowest BCUT2D eigenvalue weighted by molar-refractivity contribution is 0.102. The summed E-state index contributed by atoms with van der Waals surface area (Å²) in [5.41, 5.74) is 3.61. The smallest absolute Gasteiger partial charge is 0.257 e. The number of anilines is 1. The maximum absolute atomic E-state index is 12.6. The molecular formula is C20H19Cl2N3O2. The van der Waals surface area contributed by atoms with Crippen molar-refractivity contribution >= 4 is 34.8 Å². The Balaban J connectivity index is 1.85. The molecule has 0 radical (unpaired) electrons. The van der Waals surface area contributed by atoms with Gasteiger partial charge in [0, 0.05) is 5.02 Å². The standard InChI is InChI=1S/C20H19Cl2N3O2/c1-12-19(23-20(26)17-10-15(21)7-8-18(17)22)13(2)25(24-12)11-14-5-4-6-16(9-14)27-3/h4-10H,11H2,1-3H3,(H,23,26). The Bertz CT molecular complexity index is 999. The third-order valence-corrected chi connectivity index (χ3v) is 4.82. The van der Waals surface area contributed by atoms with Gasteiger partial charge in [-0.2, -0.15) is 5.10 Å². The van der Waals surface area contributed by atoms with E-state index < -0.39 is 0 Å². The number of hydrogen-bond acceptors (Lipinski definition) is 3. The fraction of sp³-hybridized carbons (Fsp3) is 0.200. The van der Waals surface area contributed by atoms with Crippen molar-refractivity contribution in [1.29, 1.82) is 0 Å². The van der Waals surface area contributed by atoms with Gasteiger partial charge in [0.15, 0.2) is 0 Å². The molecule has 1 N–H and O–H groups in total. The molecule has 0 fully saturated rings. The number of carbonyl (C=O) groups is 1. The van der Waals surface area contributed by atoms with Crippen molar-refractivity contribution in [2.45, 2.75) is 20.4 Å². The molecule has 3 aromatic rings. The highest BCUT2D eigenvalue weighted by Crippen LogP contribution is 2.25. The van der Waals surface area contributed by atoms with Crippen LogP contribution in [0.4, 0.5) is 5.69 Å². The van der Waals surface area contributed by atoms with E-state index in [0.29, 0.717) is 27.8 Å². The zero-order valence-corrected chi connectivity index (χ0v) is 16.7. The van der Waals surface area contributed by atoms with Crippen LogP contribution in [-0.2, 0) is 6.54 Å². The van der Waals surface area contributed by atoms with Crippen molar-refractivity contribution in [3.8, 4) is 5.75 Å². The van der Waals surface area contributed by atoms with Gasteiger partial charge < -0.3 is 10.1 Å². The lowest BCUT2D eigenvalue weighted by Gasteiger charge is -2.09. The van der Waals surface area contributed by atoms with E-state index in [1.54, 1.807) is 25.3 Å². The number of aryl methyl sites for hydroxylation is 1. The fourth-order valence-corrected chi connectivity index (χ4v) is 3.20. The van der Waals surface area contributed by atoms with Crippen molar-refractivity contribution in [3.05, 3.63) is 75.0 Å². The van der Waals surface area contributed by atoms with Gasteiger partial charge in [-0.15, -0.1) is 0 Å². The van der Waals surface area contributed by atoms with E-state index >= 15 is 0 Å². The quantitative estimate of drug-likeness (QED) is 0.643. The second-order valence-corrected chi connectivity index (χ2v) is 6.98. The second kappa shape index (κ2) is 8.03. The number of methoxy groups -OCH3 is 1. The molecule has 0 aliphatic carbocycles. The van der Waals surface area contributed by atoms with Crippen molar-refractivity contribution in [2.24, 2.45) is 0 Å². The molecule has 7 heteroatoms. The third kappa shape index (κ3) is 4.26. The number of benzene rings is 2. The molecule has 2 aromatic carbocycles. The van der Waals surface area contributed by atoms with E-state index in [4.69, 9.17) is 27.9 Å². The average molecular weight is 404 g/mol.